The van der Waals surface area contributed by atoms with E-state index in [2.05, 4.69) is 178 Å². The summed E-state index contributed by atoms with van der Waals surface area (Å²) in [5, 5.41) is 4.94. The van der Waals surface area contributed by atoms with E-state index in [1.165, 1.54) is 54.9 Å². The molecule has 0 amide bonds. The van der Waals surface area contributed by atoms with E-state index in [0.29, 0.717) is 0 Å². The fraction of sp³-hybridized carbons (Fsp3) is 0. The van der Waals surface area contributed by atoms with Crippen LogP contribution in [0.2, 0.25) is 0 Å². The van der Waals surface area contributed by atoms with Gasteiger partial charge in [0.1, 0.15) is 5.82 Å². The second kappa shape index (κ2) is 10.1. The van der Waals surface area contributed by atoms with E-state index in [1.807, 2.05) is 0 Å². The lowest BCUT2D eigenvalue weighted by atomic mass is 10.0. The van der Waals surface area contributed by atoms with Crippen LogP contribution in [0.1, 0.15) is 0 Å². The molecule has 3 heterocycles. The van der Waals surface area contributed by atoms with Crippen LogP contribution in [0.15, 0.2) is 164 Å². The van der Waals surface area contributed by atoms with E-state index >= 15 is 0 Å². The Morgan fingerprint density at radius 1 is 0.383 bits per heavy atom. The average molecular weight is 601 g/mol. The van der Waals surface area contributed by atoms with Crippen LogP contribution in [0.25, 0.3) is 88.5 Å². The van der Waals surface area contributed by atoms with Gasteiger partial charge < -0.3 is 14.1 Å². The molecule has 0 atom stereocenters. The standard InChI is InChI=1S/C43H28N4/c1-3-11-31(12-4-1)46-39-17-9-7-15-33(39)35-25-28(20-23-41(35)46)29-19-22-37-38(27-29)45-43(44-37)30-21-24-42-36(26-30)34-16-8-10-18-40(34)47(42)32-13-5-2-6-14-32/h1-27H,(H,44,45). The van der Waals surface area contributed by atoms with E-state index in [1.54, 1.807) is 0 Å². The first-order valence-electron chi connectivity index (χ1n) is 16.0. The molecule has 0 saturated heterocycles. The summed E-state index contributed by atoms with van der Waals surface area (Å²) >= 11 is 0. The molecule has 0 aliphatic heterocycles. The number of aromatic nitrogens is 4. The van der Waals surface area contributed by atoms with E-state index in [0.717, 1.165) is 33.7 Å². The molecule has 0 bridgehead atoms. The van der Waals surface area contributed by atoms with Crippen molar-refractivity contribution < 1.29 is 0 Å². The van der Waals surface area contributed by atoms with E-state index in [9.17, 15) is 0 Å². The Kier molecular flexibility index (Phi) is 5.54. The quantitative estimate of drug-likeness (QED) is 0.214. The normalized spacial score (nSPS) is 11.8. The summed E-state index contributed by atoms with van der Waals surface area (Å²) in [5.74, 6) is 0.872. The second-order valence-electron chi connectivity index (χ2n) is 12.2. The first-order chi connectivity index (χ1) is 23.3. The molecule has 0 spiro atoms. The maximum atomic E-state index is 5.11. The zero-order valence-electron chi connectivity index (χ0n) is 25.4. The Hall–Kier alpha value is -6.39. The lowest BCUT2D eigenvalue weighted by Crippen LogP contribution is -1.92. The van der Waals surface area contributed by atoms with Crippen LogP contribution in [0.5, 0.6) is 0 Å². The minimum Gasteiger partial charge on any atom is -0.338 e. The molecule has 0 unspecified atom stereocenters. The van der Waals surface area contributed by atoms with E-state index in [4.69, 9.17) is 4.98 Å². The van der Waals surface area contributed by atoms with Crippen molar-refractivity contribution in [2.24, 2.45) is 0 Å². The van der Waals surface area contributed by atoms with E-state index < -0.39 is 0 Å². The van der Waals surface area contributed by atoms with Crippen molar-refractivity contribution in [1.82, 2.24) is 19.1 Å². The monoisotopic (exact) mass is 600 g/mol. The van der Waals surface area contributed by atoms with Gasteiger partial charge in [0, 0.05) is 38.5 Å². The summed E-state index contributed by atoms with van der Waals surface area (Å²) in [7, 11) is 0. The molecule has 220 valence electrons. The van der Waals surface area contributed by atoms with Gasteiger partial charge in [-0.25, -0.2) is 4.98 Å². The molecule has 0 aliphatic rings. The van der Waals surface area contributed by atoms with Crippen LogP contribution < -0.4 is 0 Å². The molecule has 1 N–H and O–H groups in total. The number of imidazole rings is 1. The SMILES string of the molecule is c1ccc(-n2c3ccccc3c3cc(-c4ccc5[nH]c(-c6ccc7c(c6)c6ccccc6n7-c6ccccc6)nc5c4)ccc32)cc1. The minimum atomic E-state index is 0.872. The molecule has 7 aromatic carbocycles. The maximum absolute atomic E-state index is 5.11. The number of para-hydroxylation sites is 4. The molecule has 47 heavy (non-hydrogen) atoms. The van der Waals surface area contributed by atoms with Gasteiger partial charge in [0.15, 0.2) is 0 Å². The number of aromatic amines is 1. The third kappa shape index (κ3) is 3.98. The van der Waals surface area contributed by atoms with E-state index in [-0.39, 0.29) is 0 Å². The van der Waals surface area contributed by atoms with Crippen LogP contribution in [0.4, 0.5) is 0 Å². The molecule has 0 radical (unpaired) electrons. The Balaban J connectivity index is 1.08. The molecule has 4 heteroatoms. The zero-order valence-corrected chi connectivity index (χ0v) is 25.4. The highest BCUT2D eigenvalue weighted by Gasteiger charge is 2.16. The number of hydrogen-bond acceptors (Lipinski definition) is 1. The van der Waals surface area contributed by atoms with Gasteiger partial charge in [-0.3, -0.25) is 0 Å². The third-order valence-corrected chi connectivity index (χ3v) is 9.46. The Labute approximate surface area is 270 Å². The highest BCUT2D eigenvalue weighted by Crippen LogP contribution is 2.37. The highest BCUT2D eigenvalue weighted by atomic mass is 15.0. The molecule has 3 aromatic heterocycles. The lowest BCUT2D eigenvalue weighted by Gasteiger charge is -2.08. The van der Waals surface area contributed by atoms with Crippen molar-refractivity contribution in [3.05, 3.63) is 164 Å². The van der Waals surface area contributed by atoms with Crippen molar-refractivity contribution in [3.8, 4) is 33.9 Å². The largest absolute Gasteiger partial charge is 0.338 e. The average Bonchev–Trinajstić information content (AvgIpc) is 3.82. The first-order valence-corrected chi connectivity index (χ1v) is 16.0. The van der Waals surface area contributed by atoms with Gasteiger partial charge in [0.05, 0.1) is 33.1 Å². The summed E-state index contributed by atoms with van der Waals surface area (Å²) in [6.45, 7) is 0. The summed E-state index contributed by atoms with van der Waals surface area (Å²) in [5.41, 5.74) is 12.5. The summed E-state index contributed by atoms with van der Waals surface area (Å²) in [6.07, 6.45) is 0. The van der Waals surface area contributed by atoms with Gasteiger partial charge in [-0.15, -0.1) is 0 Å². The van der Waals surface area contributed by atoms with Gasteiger partial charge in [-0.1, -0.05) is 84.9 Å². The molecule has 0 saturated carbocycles. The van der Waals surface area contributed by atoms with Gasteiger partial charge >= 0.3 is 0 Å². The Morgan fingerprint density at radius 3 is 1.47 bits per heavy atom. The molecule has 0 fully saturated rings. The molecule has 10 rings (SSSR count). The topological polar surface area (TPSA) is 38.5 Å². The second-order valence-corrected chi connectivity index (χ2v) is 12.2. The Bertz CT molecular complexity index is 2630. The fourth-order valence-electron chi connectivity index (χ4n) is 7.31. The fourth-order valence-corrected chi connectivity index (χ4v) is 7.31. The van der Waals surface area contributed by atoms with Gasteiger partial charge in [0.2, 0.25) is 0 Å². The smallest absolute Gasteiger partial charge is 0.138 e. The third-order valence-electron chi connectivity index (χ3n) is 9.46. The van der Waals surface area contributed by atoms with Crippen LogP contribution in [-0.4, -0.2) is 19.1 Å². The molecule has 4 nitrogen and oxygen atoms in total. The van der Waals surface area contributed by atoms with Gasteiger partial charge in [0.25, 0.3) is 0 Å². The van der Waals surface area contributed by atoms with Crippen molar-refractivity contribution in [2.45, 2.75) is 0 Å². The van der Waals surface area contributed by atoms with Gasteiger partial charge in [-0.05, 0) is 90.0 Å². The number of fused-ring (bicyclic) bond motifs is 7. The number of hydrogen-bond donors (Lipinski definition) is 1. The number of nitrogens with zero attached hydrogens (tertiary/aromatic N) is 3. The lowest BCUT2D eigenvalue weighted by molar-refractivity contribution is 1.18. The number of benzene rings is 7. The van der Waals surface area contributed by atoms with Crippen LogP contribution in [0.3, 0.4) is 0 Å². The van der Waals surface area contributed by atoms with Crippen molar-refractivity contribution in [2.75, 3.05) is 0 Å². The predicted octanol–water partition coefficient (Wildman–Crippen LogP) is 11.1. The minimum absolute atomic E-state index is 0.872. The predicted molar refractivity (Wildman–Crippen MR) is 196 cm³/mol. The maximum Gasteiger partial charge on any atom is 0.138 e. The summed E-state index contributed by atoms with van der Waals surface area (Å²) in [4.78, 5) is 8.71. The van der Waals surface area contributed by atoms with Crippen molar-refractivity contribution >= 4 is 54.6 Å². The zero-order chi connectivity index (χ0) is 30.9. The number of rotatable bonds is 4. The van der Waals surface area contributed by atoms with Crippen molar-refractivity contribution in [3.63, 3.8) is 0 Å². The van der Waals surface area contributed by atoms with Crippen LogP contribution >= 0.6 is 0 Å². The first kappa shape index (κ1) is 25.9. The summed E-state index contributed by atoms with van der Waals surface area (Å²) in [6, 6.07) is 58.5. The van der Waals surface area contributed by atoms with Crippen molar-refractivity contribution in [1.29, 1.82) is 0 Å². The molecular weight excluding hydrogens is 573 g/mol. The molecule has 10 aromatic rings. The van der Waals surface area contributed by atoms with Crippen LogP contribution in [-0.2, 0) is 0 Å². The van der Waals surface area contributed by atoms with Crippen LogP contribution in [0, 0.1) is 0 Å². The molecular formula is C43H28N4. The molecule has 0 aliphatic carbocycles. The Morgan fingerprint density at radius 2 is 0.851 bits per heavy atom. The summed E-state index contributed by atoms with van der Waals surface area (Å²) < 4.78 is 4.69. The number of nitrogens with one attached hydrogen (secondary N) is 1. The van der Waals surface area contributed by atoms with Gasteiger partial charge in [-0.2, -0.15) is 0 Å². The highest BCUT2D eigenvalue weighted by molar-refractivity contribution is 6.11. The number of H-pyrrole nitrogens is 1.